The van der Waals surface area contributed by atoms with Gasteiger partial charge in [0.15, 0.2) is 0 Å². The Balaban J connectivity index is 5.29. The summed E-state index contributed by atoms with van der Waals surface area (Å²) in [6.07, 6.45) is 11.5. The Morgan fingerprint density at radius 2 is 1.56 bits per heavy atom. The number of hydrogen-bond acceptors (Lipinski definition) is 5. The normalized spacial score (nSPS) is 17.3. The van der Waals surface area contributed by atoms with Crippen LogP contribution in [0.25, 0.3) is 0 Å². The first-order chi connectivity index (χ1) is 16.9. The average Bonchev–Trinajstić information content (AvgIpc) is 2.80. The third kappa shape index (κ3) is 11.6. The summed E-state index contributed by atoms with van der Waals surface area (Å²) < 4.78 is 18.3. The van der Waals surface area contributed by atoms with Crippen molar-refractivity contribution in [2.24, 2.45) is 5.92 Å². The number of methoxy groups -OCH3 is 1. The van der Waals surface area contributed by atoms with E-state index in [0.29, 0.717) is 23.0 Å². The van der Waals surface area contributed by atoms with E-state index in [1.807, 2.05) is 39.0 Å². The van der Waals surface area contributed by atoms with Gasteiger partial charge in [-0.1, -0.05) is 90.0 Å². The Morgan fingerprint density at radius 3 is 2.03 bits per heavy atom. The van der Waals surface area contributed by atoms with Gasteiger partial charge in [0.1, 0.15) is 6.79 Å². The van der Waals surface area contributed by atoms with Crippen LogP contribution in [0.5, 0.6) is 0 Å². The van der Waals surface area contributed by atoms with Crippen molar-refractivity contribution in [2.75, 3.05) is 20.5 Å². The topological polar surface area (TPSA) is 68.2 Å². The Morgan fingerprint density at radius 1 is 0.972 bits per heavy atom. The summed E-state index contributed by atoms with van der Waals surface area (Å²) in [6.45, 7) is 23.9. The SMILES string of the molecule is C=C[C@H](O[Si](C(C)C)(C(C)C)C(C)C)[C@H](CC/C=C/C=C(\C)C[C@@H](O)[C@H](C)/C=C(\C)CO)OCOC. The first kappa shape index (κ1) is 35.0. The van der Waals surface area contributed by atoms with Crippen LogP contribution >= 0.6 is 0 Å². The lowest BCUT2D eigenvalue weighted by Crippen LogP contribution is -2.52. The lowest BCUT2D eigenvalue weighted by Gasteiger charge is -2.45. The quantitative estimate of drug-likeness (QED) is 0.0801. The van der Waals surface area contributed by atoms with Crippen molar-refractivity contribution >= 4 is 8.32 Å². The van der Waals surface area contributed by atoms with Gasteiger partial charge in [-0.2, -0.15) is 0 Å². The van der Waals surface area contributed by atoms with Crippen molar-refractivity contribution in [3.8, 4) is 0 Å². The predicted molar refractivity (Wildman–Crippen MR) is 156 cm³/mol. The Kier molecular flexibility index (Phi) is 17.7. The smallest absolute Gasteiger partial charge is 0.201 e. The lowest BCUT2D eigenvalue weighted by molar-refractivity contribution is -0.102. The molecule has 0 spiro atoms. The van der Waals surface area contributed by atoms with E-state index in [1.165, 1.54) is 0 Å². The maximum Gasteiger partial charge on any atom is 0.201 e. The lowest BCUT2D eigenvalue weighted by atomic mass is 9.96. The molecule has 36 heavy (non-hydrogen) atoms. The first-order valence-corrected chi connectivity index (χ1v) is 15.7. The van der Waals surface area contributed by atoms with E-state index in [9.17, 15) is 10.2 Å². The van der Waals surface area contributed by atoms with E-state index in [1.54, 1.807) is 7.11 Å². The zero-order chi connectivity index (χ0) is 27.9. The highest BCUT2D eigenvalue weighted by Gasteiger charge is 2.47. The van der Waals surface area contributed by atoms with Crippen LogP contribution in [0.3, 0.4) is 0 Å². The van der Waals surface area contributed by atoms with E-state index in [2.05, 4.69) is 60.3 Å². The second-order valence-corrected chi connectivity index (χ2v) is 16.5. The van der Waals surface area contributed by atoms with E-state index < -0.39 is 14.4 Å². The fraction of sp³-hybridized carbons (Fsp3) is 0.733. The van der Waals surface area contributed by atoms with Crippen LogP contribution in [-0.4, -0.2) is 57.4 Å². The Hall–Kier alpha value is -1.02. The average molecular weight is 525 g/mol. The molecule has 0 saturated heterocycles. The third-order valence-electron chi connectivity index (χ3n) is 7.12. The molecule has 0 aromatic heterocycles. The highest BCUT2D eigenvalue weighted by Crippen LogP contribution is 2.43. The monoisotopic (exact) mass is 524 g/mol. The molecule has 210 valence electrons. The van der Waals surface area contributed by atoms with Crippen LogP contribution in [0.1, 0.15) is 81.6 Å². The minimum atomic E-state index is -2.08. The molecule has 5 nitrogen and oxygen atoms in total. The number of hydrogen-bond donors (Lipinski definition) is 2. The summed E-state index contributed by atoms with van der Waals surface area (Å²) in [4.78, 5) is 0. The zero-order valence-electron chi connectivity index (χ0n) is 24.8. The van der Waals surface area contributed by atoms with Gasteiger partial charge in [0.2, 0.25) is 8.32 Å². The van der Waals surface area contributed by atoms with Crippen molar-refractivity contribution in [1.29, 1.82) is 0 Å². The molecule has 0 aliphatic heterocycles. The molecular weight excluding hydrogens is 468 g/mol. The molecule has 0 aliphatic carbocycles. The number of ether oxygens (including phenoxy) is 2. The summed E-state index contributed by atoms with van der Waals surface area (Å²) >= 11 is 0. The predicted octanol–water partition coefficient (Wildman–Crippen LogP) is 7.33. The summed E-state index contributed by atoms with van der Waals surface area (Å²) in [7, 11) is -0.443. The van der Waals surface area contributed by atoms with E-state index in [-0.39, 0.29) is 31.5 Å². The van der Waals surface area contributed by atoms with Crippen molar-refractivity contribution in [3.05, 3.63) is 48.1 Å². The largest absolute Gasteiger partial charge is 0.407 e. The Bertz CT molecular complexity index is 674. The van der Waals surface area contributed by atoms with Crippen LogP contribution in [0.4, 0.5) is 0 Å². The maximum atomic E-state index is 10.4. The molecule has 0 saturated carbocycles. The van der Waals surface area contributed by atoms with E-state index >= 15 is 0 Å². The Labute approximate surface area is 223 Å². The van der Waals surface area contributed by atoms with Crippen LogP contribution in [-0.2, 0) is 13.9 Å². The maximum absolute atomic E-state index is 10.4. The van der Waals surface area contributed by atoms with Gasteiger partial charge in [-0.25, -0.2) is 0 Å². The number of rotatable bonds is 19. The molecule has 0 heterocycles. The molecule has 0 aromatic rings. The van der Waals surface area contributed by atoms with Gasteiger partial charge in [-0.3, -0.25) is 0 Å². The van der Waals surface area contributed by atoms with Crippen molar-refractivity contribution in [2.45, 2.75) is 117 Å². The molecule has 6 heteroatoms. The van der Waals surface area contributed by atoms with Gasteiger partial charge in [-0.05, 0) is 49.7 Å². The second-order valence-electron chi connectivity index (χ2n) is 11.1. The van der Waals surface area contributed by atoms with Crippen LogP contribution in [0.2, 0.25) is 16.6 Å². The molecule has 0 unspecified atom stereocenters. The standard InChI is InChI=1S/C30H56O5Si/c1-12-29(35-36(22(2)3,23(4)5)24(6)7)30(34-21-33-11)17-15-13-14-16-25(8)19-28(32)27(10)18-26(9)20-31/h12-14,16,18,22-24,27-32H,1,15,17,19-21H2,2-11H3/b14-13+,25-16+,26-18+/t27-,28-,29+,30+/m1/s1. The summed E-state index contributed by atoms with van der Waals surface area (Å²) in [5, 5.41) is 19.6. The van der Waals surface area contributed by atoms with Gasteiger partial charge in [0.05, 0.1) is 24.9 Å². The van der Waals surface area contributed by atoms with Crippen molar-refractivity contribution in [3.63, 3.8) is 0 Å². The first-order valence-electron chi connectivity index (χ1n) is 13.6. The van der Waals surface area contributed by atoms with Crippen molar-refractivity contribution in [1.82, 2.24) is 0 Å². The minimum absolute atomic E-state index is 0.00260. The number of aliphatic hydroxyl groups excluding tert-OH is 2. The molecule has 0 rings (SSSR count). The highest BCUT2D eigenvalue weighted by atomic mass is 28.4. The molecule has 0 fully saturated rings. The highest BCUT2D eigenvalue weighted by molar-refractivity contribution is 6.77. The fourth-order valence-electron chi connectivity index (χ4n) is 5.20. The van der Waals surface area contributed by atoms with E-state index in [4.69, 9.17) is 13.9 Å². The van der Waals surface area contributed by atoms with Gasteiger partial charge < -0.3 is 24.1 Å². The van der Waals surface area contributed by atoms with E-state index in [0.717, 1.165) is 24.0 Å². The van der Waals surface area contributed by atoms with Gasteiger partial charge >= 0.3 is 0 Å². The van der Waals surface area contributed by atoms with Gasteiger partial charge in [0, 0.05) is 13.0 Å². The van der Waals surface area contributed by atoms with Gasteiger partial charge in [-0.15, -0.1) is 6.58 Å². The molecule has 4 atom stereocenters. The summed E-state index contributed by atoms with van der Waals surface area (Å²) in [6, 6.07) is 0. The molecule has 2 N–H and O–H groups in total. The fourth-order valence-corrected chi connectivity index (χ4v) is 10.7. The van der Waals surface area contributed by atoms with Crippen LogP contribution in [0.15, 0.2) is 48.1 Å². The zero-order valence-corrected chi connectivity index (χ0v) is 25.8. The minimum Gasteiger partial charge on any atom is -0.407 e. The second kappa shape index (κ2) is 18.3. The number of allylic oxidation sites excluding steroid dienone is 3. The van der Waals surface area contributed by atoms with Crippen LogP contribution in [0, 0.1) is 5.92 Å². The third-order valence-corrected chi connectivity index (χ3v) is 13.2. The summed E-state index contributed by atoms with van der Waals surface area (Å²) in [5.74, 6) is -0.00260. The van der Waals surface area contributed by atoms with Crippen LogP contribution < -0.4 is 0 Å². The van der Waals surface area contributed by atoms with Gasteiger partial charge in [0.25, 0.3) is 0 Å². The summed E-state index contributed by atoms with van der Waals surface area (Å²) in [5.41, 5.74) is 3.44. The molecule has 0 radical (unpaired) electrons. The number of aliphatic hydroxyl groups is 2. The van der Waals surface area contributed by atoms with Crippen molar-refractivity contribution < 1.29 is 24.1 Å². The molecular formula is C30H56O5Si. The molecule has 0 aromatic carbocycles. The molecule has 0 aliphatic rings. The molecule has 0 amide bonds. The molecule has 0 bridgehead atoms.